The van der Waals surface area contributed by atoms with Gasteiger partial charge in [-0.1, -0.05) is 13.3 Å². The average Bonchev–Trinajstić information content (AvgIpc) is 2.58. The molecule has 2 nitrogen and oxygen atoms in total. The Hall–Kier alpha value is -0.350. The zero-order chi connectivity index (χ0) is 10.9. The third-order valence-corrected chi connectivity index (χ3v) is 4.57. The van der Waals surface area contributed by atoms with Crippen molar-refractivity contribution in [3.63, 3.8) is 0 Å². The first-order valence-electron chi connectivity index (χ1n) is 5.11. The highest BCUT2D eigenvalue weighted by molar-refractivity contribution is 9.11. The summed E-state index contributed by atoms with van der Waals surface area (Å²) in [5.74, 6) is 0.0464. The highest BCUT2D eigenvalue weighted by Gasteiger charge is 2.31. The third-order valence-electron chi connectivity index (χ3n) is 3.07. The molecule has 0 radical (unpaired) electrons. The lowest BCUT2D eigenvalue weighted by molar-refractivity contribution is 0.0891. The maximum absolute atomic E-state index is 11.7. The SMILES string of the molecule is CC1(CNC(=O)c2csc(Br)c2)CCC1. The lowest BCUT2D eigenvalue weighted by Gasteiger charge is -2.38. The molecule has 82 valence electrons. The molecular formula is C11H14BrNOS. The van der Waals surface area contributed by atoms with Crippen molar-refractivity contribution < 1.29 is 4.79 Å². The summed E-state index contributed by atoms with van der Waals surface area (Å²) in [7, 11) is 0. The molecule has 1 heterocycles. The summed E-state index contributed by atoms with van der Waals surface area (Å²) in [5, 5.41) is 4.88. The smallest absolute Gasteiger partial charge is 0.252 e. The van der Waals surface area contributed by atoms with Gasteiger partial charge in [-0.25, -0.2) is 0 Å². The van der Waals surface area contributed by atoms with Crippen LogP contribution < -0.4 is 5.32 Å². The summed E-state index contributed by atoms with van der Waals surface area (Å²) >= 11 is 4.90. The molecule has 1 aliphatic carbocycles. The minimum Gasteiger partial charge on any atom is -0.351 e. The van der Waals surface area contributed by atoms with Crippen molar-refractivity contribution in [2.75, 3.05) is 6.54 Å². The van der Waals surface area contributed by atoms with E-state index in [4.69, 9.17) is 0 Å². The van der Waals surface area contributed by atoms with Crippen molar-refractivity contribution in [3.8, 4) is 0 Å². The molecule has 1 aliphatic rings. The zero-order valence-corrected chi connectivity index (χ0v) is 11.1. The van der Waals surface area contributed by atoms with Crippen molar-refractivity contribution in [2.45, 2.75) is 26.2 Å². The fourth-order valence-corrected chi connectivity index (χ4v) is 2.92. The molecule has 1 N–H and O–H groups in total. The highest BCUT2D eigenvalue weighted by atomic mass is 79.9. The predicted molar refractivity (Wildman–Crippen MR) is 66.3 cm³/mol. The van der Waals surface area contributed by atoms with E-state index in [0.717, 1.165) is 15.9 Å². The van der Waals surface area contributed by atoms with Crippen LogP contribution in [-0.2, 0) is 0 Å². The van der Waals surface area contributed by atoms with E-state index in [9.17, 15) is 4.79 Å². The van der Waals surface area contributed by atoms with E-state index in [-0.39, 0.29) is 5.91 Å². The molecule has 0 aromatic carbocycles. The maximum Gasteiger partial charge on any atom is 0.252 e. The molecule has 0 atom stereocenters. The topological polar surface area (TPSA) is 29.1 Å². The molecule has 0 spiro atoms. The van der Waals surface area contributed by atoms with Gasteiger partial charge in [0.1, 0.15) is 0 Å². The second-order valence-corrected chi connectivity index (χ2v) is 6.78. The monoisotopic (exact) mass is 287 g/mol. The van der Waals surface area contributed by atoms with Gasteiger partial charge in [0.15, 0.2) is 0 Å². The minimum atomic E-state index is 0.0464. The van der Waals surface area contributed by atoms with Crippen LogP contribution in [0.4, 0.5) is 0 Å². The fraction of sp³-hybridized carbons (Fsp3) is 0.545. The number of nitrogens with one attached hydrogen (secondary N) is 1. The molecule has 2 rings (SSSR count). The number of amides is 1. The summed E-state index contributed by atoms with van der Waals surface area (Å²) in [6.07, 6.45) is 3.78. The zero-order valence-electron chi connectivity index (χ0n) is 8.68. The van der Waals surface area contributed by atoms with E-state index in [2.05, 4.69) is 28.2 Å². The Morgan fingerprint density at radius 3 is 2.87 bits per heavy atom. The van der Waals surface area contributed by atoms with Gasteiger partial charge in [-0.3, -0.25) is 4.79 Å². The normalized spacial score (nSPS) is 18.3. The Labute approximate surface area is 102 Å². The van der Waals surface area contributed by atoms with Gasteiger partial charge in [0.05, 0.1) is 9.35 Å². The first-order chi connectivity index (χ1) is 7.09. The van der Waals surface area contributed by atoms with E-state index in [1.165, 1.54) is 19.3 Å². The summed E-state index contributed by atoms with van der Waals surface area (Å²) in [6, 6.07) is 1.86. The van der Waals surface area contributed by atoms with Gasteiger partial charge in [-0.15, -0.1) is 11.3 Å². The first kappa shape index (κ1) is 11.1. The van der Waals surface area contributed by atoms with Crippen molar-refractivity contribution >= 4 is 33.2 Å². The molecule has 1 aromatic heterocycles. The van der Waals surface area contributed by atoms with E-state index in [1.807, 2.05) is 11.4 Å². The Balaban J connectivity index is 1.87. The quantitative estimate of drug-likeness (QED) is 0.907. The Morgan fingerprint density at radius 2 is 2.40 bits per heavy atom. The van der Waals surface area contributed by atoms with Gasteiger partial charge >= 0.3 is 0 Å². The third kappa shape index (κ3) is 2.61. The van der Waals surface area contributed by atoms with E-state index < -0.39 is 0 Å². The van der Waals surface area contributed by atoms with Crippen LogP contribution in [0.5, 0.6) is 0 Å². The maximum atomic E-state index is 11.7. The molecule has 1 aromatic rings. The number of carbonyl (C=O) groups is 1. The van der Waals surface area contributed by atoms with Crippen molar-refractivity contribution in [1.82, 2.24) is 5.32 Å². The van der Waals surface area contributed by atoms with Crippen LogP contribution in [0, 0.1) is 5.41 Å². The molecule has 15 heavy (non-hydrogen) atoms. The largest absolute Gasteiger partial charge is 0.351 e. The van der Waals surface area contributed by atoms with Crippen LogP contribution in [-0.4, -0.2) is 12.5 Å². The van der Waals surface area contributed by atoms with Gasteiger partial charge in [0.2, 0.25) is 0 Å². The van der Waals surface area contributed by atoms with E-state index in [0.29, 0.717) is 5.41 Å². The Kier molecular flexibility index (Phi) is 3.16. The van der Waals surface area contributed by atoms with Gasteiger partial charge < -0.3 is 5.32 Å². The Bertz CT molecular complexity index is 370. The van der Waals surface area contributed by atoms with Crippen molar-refractivity contribution in [3.05, 3.63) is 20.8 Å². The van der Waals surface area contributed by atoms with Crippen molar-refractivity contribution in [1.29, 1.82) is 0 Å². The van der Waals surface area contributed by atoms with Crippen LogP contribution in [0.15, 0.2) is 15.2 Å². The summed E-state index contributed by atoms with van der Waals surface area (Å²) < 4.78 is 1.00. The van der Waals surface area contributed by atoms with Crippen LogP contribution in [0.2, 0.25) is 0 Å². The first-order valence-corrected chi connectivity index (χ1v) is 6.79. The molecule has 0 aliphatic heterocycles. The average molecular weight is 288 g/mol. The second kappa shape index (κ2) is 4.26. The molecule has 1 fully saturated rings. The molecular weight excluding hydrogens is 274 g/mol. The van der Waals surface area contributed by atoms with Gasteiger partial charge in [-0.2, -0.15) is 0 Å². The number of thiophene rings is 1. The van der Waals surface area contributed by atoms with Crippen LogP contribution in [0.1, 0.15) is 36.5 Å². The molecule has 1 amide bonds. The minimum absolute atomic E-state index is 0.0464. The lowest BCUT2D eigenvalue weighted by atomic mass is 9.70. The highest BCUT2D eigenvalue weighted by Crippen LogP contribution is 2.39. The molecule has 0 bridgehead atoms. The number of rotatable bonds is 3. The van der Waals surface area contributed by atoms with Crippen LogP contribution >= 0.6 is 27.3 Å². The number of hydrogen-bond acceptors (Lipinski definition) is 2. The van der Waals surface area contributed by atoms with E-state index >= 15 is 0 Å². The summed E-state index contributed by atoms with van der Waals surface area (Å²) in [4.78, 5) is 11.7. The number of hydrogen-bond donors (Lipinski definition) is 1. The summed E-state index contributed by atoms with van der Waals surface area (Å²) in [6.45, 7) is 3.04. The fourth-order valence-electron chi connectivity index (χ4n) is 1.78. The summed E-state index contributed by atoms with van der Waals surface area (Å²) in [5.41, 5.74) is 1.11. The van der Waals surface area contributed by atoms with Crippen LogP contribution in [0.3, 0.4) is 0 Å². The molecule has 4 heteroatoms. The van der Waals surface area contributed by atoms with Crippen molar-refractivity contribution in [2.24, 2.45) is 5.41 Å². The number of carbonyl (C=O) groups excluding carboxylic acids is 1. The standard InChI is InChI=1S/C11H14BrNOS/c1-11(3-2-4-11)7-13-10(14)8-5-9(12)15-6-8/h5-6H,2-4,7H2,1H3,(H,13,14). The lowest BCUT2D eigenvalue weighted by Crippen LogP contribution is -2.39. The second-order valence-electron chi connectivity index (χ2n) is 4.49. The molecule has 0 unspecified atom stereocenters. The van der Waals surface area contributed by atoms with E-state index in [1.54, 1.807) is 11.3 Å². The van der Waals surface area contributed by atoms with Gasteiger partial charge in [0, 0.05) is 11.9 Å². The molecule has 0 saturated heterocycles. The van der Waals surface area contributed by atoms with Gasteiger partial charge in [-0.05, 0) is 40.3 Å². The number of halogens is 1. The van der Waals surface area contributed by atoms with Crippen LogP contribution in [0.25, 0.3) is 0 Å². The van der Waals surface area contributed by atoms with Gasteiger partial charge in [0.25, 0.3) is 5.91 Å². The molecule has 1 saturated carbocycles. The Morgan fingerprint density at radius 1 is 1.67 bits per heavy atom. The predicted octanol–water partition coefficient (Wildman–Crippen LogP) is 3.43.